The van der Waals surface area contributed by atoms with Crippen molar-refractivity contribution in [1.82, 2.24) is 4.90 Å². The summed E-state index contributed by atoms with van der Waals surface area (Å²) in [5, 5.41) is 9.25. The fourth-order valence-corrected chi connectivity index (χ4v) is 2.45. The lowest BCUT2D eigenvalue weighted by molar-refractivity contribution is 0.0827. The molecule has 1 amide bonds. The molecule has 0 aliphatic carbocycles. The predicted octanol–water partition coefficient (Wildman–Crippen LogP) is 4.99. The molecule has 0 saturated heterocycles. The Morgan fingerprint density at radius 1 is 0.960 bits per heavy atom. The lowest BCUT2D eigenvalue weighted by Crippen LogP contribution is -2.22. The number of allylic oxidation sites excluding steroid dienone is 2. The molecular weight excluding hydrogens is 310 g/mol. The highest BCUT2D eigenvalue weighted by Crippen LogP contribution is 2.14. The molecular formula is C22H25NO2. The van der Waals surface area contributed by atoms with Crippen molar-refractivity contribution in [2.45, 2.75) is 19.3 Å². The molecule has 0 atom stereocenters. The van der Waals surface area contributed by atoms with Crippen LogP contribution in [0.25, 0.3) is 12.2 Å². The zero-order valence-electron chi connectivity index (χ0n) is 14.9. The van der Waals surface area contributed by atoms with Crippen molar-refractivity contribution in [3.8, 4) is 5.75 Å². The largest absolute Gasteiger partial charge is 0.508 e. The van der Waals surface area contributed by atoms with E-state index in [-0.39, 0.29) is 11.7 Å². The van der Waals surface area contributed by atoms with E-state index < -0.39 is 0 Å². The van der Waals surface area contributed by atoms with Crippen molar-refractivity contribution in [1.29, 1.82) is 0 Å². The Morgan fingerprint density at radius 2 is 1.60 bits per heavy atom. The van der Waals surface area contributed by atoms with E-state index in [1.165, 1.54) is 0 Å². The minimum absolute atomic E-state index is 0.0251. The molecule has 0 aromatic heterocycles. The van der Waals surface area contributed by atoms with Crippen LogP contribution in [0, 0.1) is 0 Å². The summed E-state index contributed by atoms with van der Waals surface area (Å²) < 4.78 is 0. The average molecular weight is 335 g/mol. The van der Waals surface area contributed by atoms with Gasteiger partial charge in [0.25, 0.3) is 5.91 Å². The first kappa shape index (κ1) is 18.5. The molecule has 2 aromatic carbocycles. The van der Waals surface area contributed by atoms with Crippen LogP contribution in [0.5, 0.6) is 5.75 Å². The van der Waals surface area contributed by atoms with Crippen molar-refractivity contribution >= 4 is 18.1 Å². The summed E-state index contributed by atoms with van der Waals surface area (Å²) in [6.45, 7) is 0. The molecule has 0 aliphatic rings. The third-order valence-corrected chi connectivity index (χ3v) is 3.84. The van der Waals surface area contributed by atoms with Crippen LogP contribution in [0.15, 0.2) is 60.7 Å². The fraction of sp³-hybridized carbons (Fsp3) is 0.227. The van der Waals surface area contributed by atoms with Crippen LogP contribution in [0.3, 0.4) is 0 Å². The topological polar surface area (TPSA) is 40.5 Å². The molecule has 0 aliphatic heterocycles. The van der Waals surface area contributed by atoms with Gasteiger partial charge in [0.1, 0.15) is 5.75 Å². The maximum Gasteiger partial charge on any atom is 0.253 e. The van der Waals surface area contributed by atoms with E-state index in [2.05, 4.69) is 18.2 Å². The number of benzene rings is 2. The van der Waals surface area contributed by atoms with Crippen molar-refractivity contribution in [2.24, 2.45) is 0 Å². The molecule has 1 N–H and O–H groups in total. The lowest BCUT2D eigenvalue weighted by Gasteiger charge is -2.12. The fourth-order valence-electron chi connectivity index (χ4n) is 2.45. The van der Waals surface area contributed by atoms with Crippen LogP contribution in [0.4, 0.5) is 0 Å². The number of unbranched alkanes of at least 4 members (excludes halogenated alkanes) is 2. The normalized spacial score (nSPS) is 11.3. The first-order chi connectivity index (χ1) is 12.1. The van der Waals surface area contributed by atoms with Gasteiger partial charge in [0, 0.05) is 19.7 Å². The zero-order valence-corrected chi connectivity index (χ0v) is 14.9. The molecule has 25 heavy (non-hydrogen) atoms. The second kappa shape index (κ2) is 9.48. The highest BCUT2D eigenvalue weighted by atomic mass is 16.3. The third-order valence-electron chi connectivity index (χ3n) is 3.84. The molecule has 0 saturated carbocycles. The monoisotopic (exact) mass is 335 g/mol. The third kappa shape index (κ3) is 5.96. The van der Waals surface area contributed by atoms with Crippen LogP contribution < -0.4 is 0 Å². The van der Waals surface area contributed by atoms with Crippen molar-refractivity contribution in [3.63, 3.8) is 0 Å². The van der Waals surface area contributed by atoms with E-state index >= 15 is 0 Å². The first-order valence-corrected chi connectivity index (χ1v) is 8.50. The number of carbonyl (C=O) groups is 1. The van der Waals surface area contributed by atoms with E-state index in [1.54, 1.807) is 31.1 Å². The second-order valence-corrected chi connectivity index (χ2v) is 6.11. The summed E-state index contributed by atoms with van der Waals surface area (Å²) in [6.07, 6.45) is 11.4. The predicted molar refractivity (Wildman–Crippen MR) is 104 cm³/mol. The minimum atomic E-state index is 0.0251. The van der Waals surface area contributed by atoms with Gasteiger partial charge < -0.3 is 10.0 Å². The Labute approximate surface area is 149 Å². The van der Waals surface area contributed by atoms with Crippen LogP contribution in [0.2, 0.25) is 0 Å². The molecule has 2 rings (SSSR count). The SMILES string of the molecule is CN(C)C(=O)c1ccccc1/C=C/CCC/C=C/c1ccc(O)cc1. The van der Waals surface area contributed by atoms with Crippen LogP contribution in [0.1, 0.15) is 40.7 Å². The van der Waals surface area contributed by atoms with Crippen molar-refractivity contribution in [3.05, 3.63) is 77.4 Å². The summed E-state index contributed by atoms with van der Waals surface area (Å²) in [7, 11) is 3.53. The molecule has 3 nitrogen and oxygen atoms in total. The van der Waals surface area contributed by atoms with Crippen LogP contribution in [-0.4, -0.2) is 30.0 Å². The number of hydrogen-bond donors (Lipinski definition) is 1. The van der Waals surface area contributed by atoms with Crippen molar-refractivity contribution in [2.75, 3.05) is 14.1 Å². The number of hydrogen-bond acceptors (Lipinski definition) is 2. The Morgan fingerprint density at radius 3 is 2.28 bits per heavy atom. The Kier molecular flexibility index (Phi) is 7.02. The van der Waals surface area contributed by atoms with Gasteiger partial charge in [-0.1, -0.05) is 54.6 Å². The summed E-state index contributed by atoms with van der Waals surface area (Å²) >= 11 is 0. The molecule has 0 unspecified atom stereocenters. The van der Waals surface area contributed by atoms with Gasteiger partial charge in [-0.25, -0.2) is 0 Å². The smallest absolute Gasteiger partial charge is 0.253 e. The second-order valence-electron chi connectivity index (χ2n) is 6.11. The summed E-state index contributed by atoms with van der Waals surface area (Å²) in [5.41, 5.74) is 2.78. The van der Waals surface area contributed by atoms with E-state index in [0.29, 0.717) is 0 Å². The molecule has 0 fully saturated rings. The number of phenolic OH excluding ortho intramolecular Hbond substituents is 1. The summed E-state index contributed by atoms with van der Waals surface area (Å²) in [5.74, 6) is 0.312. The van der Waals surface area contributed by atoms with Crippen LogP contribution >= 0.6 is 0 Å². The quantitative estimate of drug-likeness (QED) is 0.724. The minimum Gasteiger partial charge on any atom is -0.508 e. The Bertz CT molecular complexity index is 743. The number of aromatic hydroxyl groups is 1. The molecule has 0 radical (unpaired) electrons. The lowest BCUT2D eigenvalue weighted by atomic mass is 10.1. The van der Waals surface area contributed by atoms with E-state index in [4.69, 9.17) is 0 Å². The number of carbonyl (C=O) groups excluding carboxylic acids is 1. The molecule has 0 heterocycles. The molecule has 2 aromatic rings. The highest BCUT2D eigenvalue weighted by Gasteiger charge is 2.10. The van der Waals surface area contributed by atoms with Gasteiger partial charge in [-0.05, 0) is 48.6 Å². The van der Waals surface area contributed by atoms with E-state index in [1.807, 2.05) is 42.5 Å². The average Bonchev–Trinajstić information content (AvgIpc) is 2.62. The summed E-state index contributed by atoms with van der Waals surface area (Å²) in [4.78, 5) is 13.8. The summed E-state index contributed by atoms with van der Waals surface area (Å²) in [6, 6.07) is 14.8. The maximum absolute atomic E-state index is 12.2. The van der Waals surface area contributed by atoms with E-state index in [9.17, 15) is 9.90 Å². The number of amides is 1. The van der Waals surface area contributed by atoms with Gasteiger partial charge in [-0.3, -0.25) is 4.79 Å². The molecule has 3 heteroatoms. The molecule has 130 valence electrons. The van der Waals surface area contributed by atoms with Gasteiger partial charge in [0.05, 0.1) is 0 Å². The van der Waals surface area contributed by atoms with E-state index in [0.717, 1.165) is 36.0 Å². The van der Waals surface area contributed by atoms with Gasteiger partial charge in [0.2, 0.25) is 0 Å². The Balaban J connectivity index is 1.82. The van der Waals surface area contributed by atoms with Gasteiger partial charge in [0.15, 0.2) is 0 Å². The van der Waals surface area contributed by atoms with Gasteiger partial charge in [-0.15, -0.1) is 0 Å². The Hall–Kier alpha value is -2.81. The number of phenols is 1. The number of rotatable bonds is 7. The zero-order chi connectivity index (χ0) is 18.1. The first-order valence-electron chi connectivity index (χ1n) is 8.50. The molecule has 0 bridgehead atoms. The molecule has 0 spiro atoms. The highest BCUT2D eigenvalue weighted by molar-refractivity contribution is 5.97. The van der Waals surface area contributed by atoms with Gasteiger partial charge >= 0.3 is 0 Å². The number of nitrogens with zero attached hydrogens (tertiary/aromatic N) is 1. The standard InChI is InChI=1S/C22H25NO2/c1-23(2)22(25)21-13-9-8-12-19(21)11-7-5-3-4-6-10-18-14-16-20(24)17-15-18/h6-17,24H,3-5H2,1-2H3/b10-6+,11-7+. The van der Waals surface area contributed by atoms with Gasteiger partial charge in [-0.2, -0.15) is 0 Å². The maximum atomic E-state index is 12.2. The van der Waals surface area contributed by atoms with Crippen LogP contribution in [-0.2, 0) is 0 Å². The van der Waals surface area contributed by atoms with Crippen molar-refractivity contribution < 1.29 is 9.90 Å².